The SMILES string of the molecule is O=C(Nc1ccc2c(c1)OCCO2)C1CCCN1C=CC(=O)C(F)(F)F. The van der Waals surface area contributed by atoms with E-state index in [0.29, 0.717) is 55.9 Å². The number of carbonyl (C=O) groups excluding carboxylic acids is 2. The van der Waals surface area contributed by atoms with Crippen molar-refractivity contribution in [2.75, 3.05) is 25.1 Å². The average Bonchev–Trinajstić information content (AvgIpc) is 3.07. The summed E-state index contributed by atoms with van der Waals surface area (Å²) in [5.41, 5.74) is 0.501. The molecule has 6 nitrogen and oxygen atoms in total. The van der Waals surface area contributed by atoms with Gasteiger partial charge in [0.2, 0.25) is 5.91 Å². The number of hydrogen-bond donors (Lipinski definition) is 1. The maximum absolute atomic E-state index is 12.5. The first-order valence-electron chi connectivity index (χ1n) is 8.10. The fourth-order valence-electron chi connectivity index (χ4n) is 2.85. The molecular formula is C17H17F3N2O4. The molecule has 2 aliphatic heterocycles. The fourth-order valence-corrected chi connectivity index (χ4v) is 2.85. The molecule has 0 saturated carbocycles. The van der Waals surface area contributed by atoms with Crippen LogP contribution in [-0.4, -0.2) is 48.6 Å². The molecular weight excluding hydrogens is 353 g/mol. The zero-order chi connectivity index (χ0) is 18.7. The van der Waals surface area contributed by atoms with Crippen LogP contribution >= 0.6 is 0 Å². The third-order valence-electron chi connectivity index (χ3n) is 4.10. The van der Waals surface area contributed by atoms with Crippen LogP contribution in [0.2, 0.25) is 0 Å². The summed E-state index contributed by atoms with van der Waals surface area (Å²) in [5, 5.41) is 2.72. The number of fused-ring (bicyclic) bond motifs is 1. The smallest absolute Gasteiger partial charge is 0.454 e. The number of amides is 1. The number of benzene rings is 1. The molecule has 9 heteroatoms. The Bertz CT molecular complexity index is 733. The number of hydrogen-bond acceptors (Lipinski definition) is 5. The van der Waals surface area contributed by atoms with E-state index in [1.807, 2.05) is 0 Å². The molecule has 2 aliphatic rings. The van der Waals surface area contributed by atoms with Gasteiger partial charge < -0.3 is 19.7 Å². The van der Waals surface area contributed by atoms with Crippen LogP contribution in [0.25, 0.3) is 0 Å². The maximum atomic E-state index is 12.5. The van der Waals surface area contributed by atoms with Gasteiger partial charge in [-0.2, -0.15) is 13.2 Å². The zero-order valence-corrected chi connectivity index (χ0v) is 13.7. The van der Waals surface area contributed by atoms with E-state index in [0.717, 1.165) is 6.20 Å². The molecule has 1 aromatic carbocycles. The van der Waals surface area contributed by atoms with Gasteiger partial charge in [0.1, 0.15) is 19.3 Å². The van der Waals surface area contributed by atoms with Gasteiger partial charge in [-0.1, -0.05) is 0 Å². The van der Waals surface area contributed by atoms with Gasteiger partial charge in [-0.15, -0.1) is 0 Å². The minimum Gasteiger partial charge on any atom is -0.486 e. The van der Waals surface area contributed by atoms with Crippen LogP contribution in [0.15, 0.2) is 30.5 Å². The van der Waals surface area contributed by atoms with E-state index in [-0.39, 0.29) is 5.91 Å². The highest BCUT2D eigenvalue weighted by atomic mass is 19.4. The minimum absolute atomic E-state index is 0.358. The van der Waals surface area contributed by atoms with Gasteiger partial charge in [0.05, 0.1) is 0 Å². The van der Waals surface area contributed by atoms with E-state index in [4.69, 9.17) is 9.47 Å². The lowest BCUT2D eigenvalue weighted by Gasteiger charge is -2.23. The van der Waals surface area contributed by atoms with Crippen LogP contribution in [0.5, 0.6) is 11.5 Å². The van der Waals surface area contributed by atoms with Gasteiger partial charge in [-0.3, -0.25) is 9.59 Å². The Morgan fingerprint density at radius 2 is 1.92 bits per heavy atom. The quantitative estimate of drug-likeness (QED) is 0.825. The van der Waals surface area contributed by atoms with Crippen molar-refractivity contribution < 1.29 is 32.2 Å². The van der Waals surface area contributed by atoms with E-state index in [2.05, 4.69) is 5.32 Å². The summed E-state index contributed by atoms with van der Waals surface area (Å²) in [7, 11) is 0. The van der Waals surface area contributed by atoms with E-state index >= 15 is 0 Å². The molecule has 140 valence electrons. The van der Waals surface area contributed by atoms with E-state index in [9.17, 15) is 22.8 Å². The largest absolute Gasteiger partial charge is 0.486 e. The first-order chi connectivity index (χ1) is 12.3. The van der Waals surface area contributed by atoms with E-state index in [1.165, 1.54) is 4.90 Å². The average molecular weight is 370 g/mol. The summed E-state index contributed by atoms with van der Waals surface area (Å²) in [6.07, 6.45) is -2.30. The summed E-state index contributed by atoms with van der Waals surface area (Å²) in [4.78, 5) is 24.9. The molecule has 1 aromatic rings. The van der Waals surface area contributed by atoms with E-state index < -0.39 is 18.0 Å². The predicted molar refractivity (Wildman–Crippen MR) is 86.0 cm³/mol. The monoisotopic (exact) mass is 370 g/mol. The summed E-state index contributed by atoms with van der Waals surface area (Å²) in [6, 6.07) is 4.33. The second-order valence-corrected chi connectivity index (χ2v) is 5.92. The van der Waals surface area contributed by atoms with Gasteiger partial charge in [0.25, 0.3) is 5.78 Å². The van der Waals surface area contributed by atoms with Crippen molar-refractivity contribution >= 4 is 17.4 Å². The summed E-state index contributed by atoms with van der Waals surface area (Å²) >= 11 is 0. The molecule has 2 heterocycles. The van der Waals surface area contributed by atoms with E-state index in [1.54, 1.807) is 18.2 Å². The molecule has 0 aliphatic carbocycles. The molecule has 0 radical (unpaired) electrons. The van der Waals surface area contributed by atoms with Crippen molar-refractivity contribution in [3.63, 3.8) is 0 Å². The van der Waals surface area contributed by atoms with Gasteiger partial charge in [-0.25, -0.2) is 0 Å². The molecule has 1 saturated heterocycles. The third kappa shape index (κ3) is 4.09. The van der Waals surface area contributed by atoms with Crippen molar-refractivity contribution in [1.29, 1.82) is 0 Å². The van der Waals surface area contributed by atoms with Crippen molar-refractivity contribution in [2.24, 2.45) is 0 Å². The van der Waals surface area contributed by atoms with Crippen molar-refractivity contribution in [2.45, 2.75) is 25.1 Å². The number of allylic oxidation sites excluding steroid dienone is 1. The highest BCUT2D eigenvalue weighted by Crippen LogP contribution is 2.33. The summed E-state index contributed by atoms with van der Waals surface area (Å²) in [5.74, 6) is -1.20. The summed E-state index contributed by atoms with van der Waals surface area (Å²) < 4.78 is 47.7. The maximum Gasteiger partial charge on any atom is 0.454 e. The number of ketones is 1. The number of rotatable bonds is 4. The van der Waals surface area contributed by atoms with Gasteiger partial charge in [-0.05, 0) is 25.0 Å². The molecule has 26 heavy (non-hydrogen) atoms. The fraction of sp³-hybridized carbons (Fsp3) is 0.412. The minimum atomic E-state index is -4.92. The number of carbonyl (C=O) groups is 2. The first-order valence-corrected chi connectivity index (χ1v) is 8.10. The Labute approximate surface area is 147 Å². The lowest BCUT2D eigenvalue weighted by atomic mass is 10.2. The van der Waals surface area contributed by atoms with Crippen LogP contribution in [0.1, 0.15) is 12.8 Å². The number of halogens is 3. The highest BCUT2D eigenvalue weighted by molar-refractivity contribution is 5.96. The second-order valence-electron chi connectivity index (χ2n) is 5.92. The molecule has 1 unspecified atom stereocenters. The molecule has 1 amide bonds. The normalized spacial score (nSPS) is 19.7. The third-order valence-corrected chi connectivity index (χ3v) is 4.10. The number of likely N-dealkylation sites (tertiary alicyclic amines) is 1. The topological polar surface area (TPSA) is 67.9 Å². The number of alkyl halides is 3. The number of anilines is 1. The van der Waals surface area contributed by atoms with Crippen LogP contribution in [0.4, 0.5) is 18.9 Å². The zero-order valence-electron chi connectivity index (χ0n) is 13.7. The number of nitrogens with one attached hydrogen (secondary N) is 1. The molecule has 1 atom stereocenters. The Kier molecular flexibility index (Phi) is 5.06. The van der Waals surface area contributed by atoms with Gasteiger partial charge >= 0.3 is 6.18 Å². The Morgan fingerprint density at radius 1 is 1.19 bits per heavy atom. The molecule has 1 N–H and O–H groups in total. The van der Waals surface area contributed by atoms with Crippen molar-refractivity contribution in [3.05, 3.63) is 30.5 Å². The summed E-state index contributed by atoms with van der Waals surface area (Å²) in [6.45, 7) is 1.28. The van der Waals surface area contributed by atoms with Crippen molar-refractivity contribution in [1.82, 2.24) is 4.90 Å². The lowest BCUT2D eigenvalue weighted by Crippen LogP contribution is -2.36. The molecule has 0 spiro atoms. The number of nitrogens with zero attached hydrogens (tertiary/aromatic N) is 1. The molecule has 3 rings (SSSR count). The Hall–Kier alpha value is -2.71. The second kappa shape index (κ2) is 7.27. The molecule has 0 bridgehead atoms. The van der Waals surface area contributed by atoms with Crippen LogP contribution < -0.4 is 14.8 Å². The Morgan fingerprint density at radius 3 is 2.65 bits per heavy atom. The van der Waals surface area contributed by atoms with Crippen LogP contribution in [0, 0.1) is 0 Å². The molecule has 0 aromatic heterocycles. The van der Waals surface area contributed by atoms with Crippen LogP contribution in [-0.2, 0) is 9.59 Å². The standard InChI is InChI=1S/C17H17F3N2O4/c18-17(19,20)15(23)5-7-22-6-1-2-12(22)16(24)21-11-3-4-13-14(10-11)26-9-8-25-13/h3-5,7,10,12H,1-2,6,8-9H2,(H,21,24). The highest BCUT2D eigenvalue weighted by Gasteiger charge is 2.37. The first kappa shape index (κ1) is 18.1. The van der Waals surface area contributed by atoms with Gasteiger partial charge in [0.15, 0.2) is 11.5 Å². The lowest BCUT2D eigenvalue weighted by molar-refractivity contribution is -0.165. The van der Waals surface area contributed by atoms with Crippen molar-refractivity contribution in [3.8, 4) is 11.5 Å². The number of ether oxygens (including phenoxy) is 2. The predicted octanol–water partition coefficient (Wildman–Crippen LogP) is 2.51. The van der Waals surface area contributed by atoms with Crippen LogP contribution in [0.3, 0.4) is 0 Å². The Balaban J connectivity index is 1.65. The molecule has 1 fully saturated rings. The van der Waals surface area contributed by atoms with Gasteiger partial charge in [0, 0.05) is 30.6 Å².